The fraction of sp³-hybridized carbons (Fsp3) is 0.875. The van der Waals surface area contributed by atoms with Gasteiger partial charge in [0.2, 0.25) is 5.89 Å². The predicted molar refractivity (Wildman–Crippen MR) is 79.5 cm³/mol. The first-order valence-corrected chi connectivity index (χ1v) is 8.65. The van der Waals surface area contributed by atoms with Crippen molar-refractivity contribution in [3.05, 3.63) is 11.7 Å². The van der Waals surface area contributed by atoms with E-state index in [1.54, 1.807) is 0 Å². The minimum absolute atomic E-state index is 0.340. The molecule has 6 heteroatoms. The van der Waals surface area contributed by atoms with Gasteiger partial charge >= 0.3 is 0 Å². The third-order valence-electron chi connectivity index (χ3n) is 4.76. The van der Waals surface area contributed by atoms with E-state index in [4.69, 9.17) is 14.0 Å². The van der Waals surface area contributed by atoms with Crippen LogP contribution >= 0.6 is 0 Å². The summed E-state index contributed by atoms with van der Waals surface area (Å²) < 4.78 is 17.0. The first-order chi connectivity index (χ1) is 10.9. The first-order valence-electron chi connectivity index (χ1n) is 8.65. The Morgan fingerprint density at radius 2 is 1.64 bits per heavy atom. The molecule has 3 fully saturated rings. The van der Waals surface area contributed by atoms with Crippen LogP contribution in [0.1, 0.15) is 56.2 Å². The number of aromatic nitrogens is 2. The van der Waals surface area contributed by atoms with Gasteiger partial charge in [0, 0.05) is 32.2 Å². The Hall–Kier alpha value is -0.980. The second kappa shape index (κ2) is 6.64. The molecule has 2 atom stereocenters. The molecule has 0 N–H and O–H groups in total. The molecule has 2 saturated heterocycles. The van der Waals surface area contributed by atoms with Crippen molar-refractivity contribution in [3.63, 3.8) is 0 Å². The lowest BCUT2D eigenvalue weighted by molar-refractivity contribution is 0.0309. The van der Waals surface area contributed by atoms with Crippen LogP contribution < -0.4 is 0 Å². The van der Waals surface area contributed by atoms with Crippen molar-refractivity contribution in [2.24, 2.45) is 0 Å². The Balaban J connectivity index is 1.37. The van der Waals surface area contributed by atoms with Crippen LogP contribution in [0.25, 0.3) is 0 Å². The van der Waals surface area contributed by atoms with Gasteiger partial charge in [-0.15, -0.1) is 0 Å². The molecule has 1 saturated carbocycles. The third-order valence-corrected chi connectivity index (χ3v) is 4.76. The molecular formula is C16H25N3O3. The Morgan fingerprint density at radius 1 is 0.955 bits per heavy atom. The van der Waals surface area contributed by atoms with Gasteiger partial charge in [0.05, 0.1) is 18.8 Å². The Morgan fingerprint density at radius 3 is 2.18 bits per heavy atom. The summed E-state index contributed by atoms with van der Waals surface area (Å²) in [5.41, 5.74) is 0. The first kappa shape index (κ1) is 14.6. The predicted octanol–water partition coefficient (Wildman–Crippen LogP) is 2.11. The van der Waals surface area contributed by atoms with E-state index < -0.39 is 0 Å². The van der Waals surface area contributed by atoms with Gasteiger partial charge in [-0.05, 0) is 38.5 Å². The topological polar surface area (TPSA) is 60.6 Å². The highest BCUT2D eigenvalue weighted by atomic mass is 16.5. The molecule has 1 aromatic rings. The lowest BCUT2D eigenvalue weighted by Crippen LogP contribution is -2.37. The van der Waals surface area contributed by atoms with Gasteiger partial charge in [-0.2, -0.15) is 4.98 Å². The third kappa shape index (κ3) is 3.67. The zero-order chi connectivity index (χ0) is 14.8. The van der Waals surface area contributed by atoms with Crippen LogP contribution in [0.15, 0.2) is 4.52 Å². The van der Waals surface area contributed by atoms with E-state index in [1.807, 2.05) is 0 Å². The molecule has 0 amide bonds. The van der Waals surface area contributed by atoms with E-state index in [9.17, 15) is 0 Å². The van der Waals surface area contributed by atoms with Crippen LogP contribution in [0, 0.1) is 0 Å². The van der Waals surface area contributed by atoms with Crippen LogP contribution in [0.5, 0.6) is 0 Å². The molecule has 2 unspecified atom stereocenters. The maximum Gasteiger partial charge on any atom is 0.240 e. The largest absolute Gasteiger partial charge is 0.377 e. The van der Waals surface area contributed by atoms with Crippen molar-refractivity contribution < 1.29 is 14.0 Å². The van der Waals surface area contributed by atoms with Gasteiger partial charge < -0.3 is 14.0 Å². The van der Waals surface area contributed by atoms with E-state index in [0.29, 0.717) is 24.7 Å². The summed E-state index contributed by atoms with van der Waals surface area (Å²) in [6.07, 6.45) is 7.73. The second-order valence-corrected chi connectivity index (χ2v) is 6.78. The van der Waals surface area contributed by atoms with Crippen LogP contribution in [0.3, 0.4) is 0 Å². The molecule has 1 aromatic heterocycles. The zero-order valence-electron chi connectivity index (χ0n) is 13.1. The molecular weight excluding hydrogens is 282 g/mol. The molecule has 0 radical (unpaired) electrons. The highest BCUT2D eigenvalue weighted by Gasteiger charge is 2.30. The second-order valence-electron chi connectivity index (χ2n) is 6.78. The summed E-state index contributed by atoms with van der Waals surface area (Å²) in [6.45, 7) is 4.36. The average Bonchev–Trinajstić information content (AvgIpc) is 2.96. The molecule has 0 bridgehead atoms. The summed E-state index contributed by atoms with van der Waals surface area (Å²) in [4.78, 5) is 6.93. The average molecular weight is 307 g/mol. The zero-order valence-corrected chi connectivity index (χ0v) is 13.1. The van der Waals surface area contributed by atoms with Gasteiger partial charge in [-0.1, -0.05) is 5.16 Å². The SMILES string of the molecule is C1COC(CN(Cc2nc(C3CC3)no2)CC2CCCO2)C1. The smallest absolute Gasteiger partial charge is 0.240 e. The molecule has 4 rings (SSSR count). The normalized spacial score (nSPS) is 28.8. The van der Waals surface area contributed by atoms with Crippen molar-refractivity contribution in [1.29, 1.82) is 0 Å². The molecule has 3 heterocycles. The van der Waals surface area contributed by atoms with Crippen LogP contribution in [-0.2, 0) is 16.0 Å². The maximum atomic E-state index is 5.79. The molecule has 6 nitrogen and oxygen atoms in total. The Bertz CT molecular complexity index is 459. The van der Waals surface area contributed by atoms with Gasteiger partial charge in [0.1, 0.15) is 0 Å². The van der Waals surface area contributed by atoms with Gasteiger partial charge in [0.15, 0.2) is 5.82 Å². The lowest BCUT2D eigenvalue weighted by Gasteiger charge is -2.26. The van der Waals surface area contributed by atoms with Crippen LogP contribution in [-0.4, -0.2) is 53.6 Å². The van der Waals surface area contributed by atoms with Crippen molar-refractivity contribution in [1.82, 2.24) is 15.0 Å². The number of hydrogen-bond acceptors (Lipinski definition) is 6. The van der Waals surface area contributed by atoms with Crippen molar-refractivity contribution in [2.75, 3.05) is 26.3 Å². The number of hydrogen-bond donors (Lipinski definition) is 0. The fourth-order valence-corrected chi connectivity index (χ4v) is 3.39. The minimum atomic E-state index is 0.340. The standard InChI is InChI=1S/C16H25N3O3/c1-3-13(20-7-1)9-19(10-14-4-2-8-21-14)11-15-17-16(18-22-15)12-5-6-12/h12-14H,1-11H2. The van der Waals surface area contributed by atoms with Crippen molar-refractivity contribution in [3.8, 4) is 0 Å². The molecule has 0 spiro atoms. The molecule has 22 heavy (non-hydrogen) atoms. The monoisotopic (exact) mass is 307 g/mol. The number of nitrogens with zero attached hydrogens (tertiary/aromatic N) is 3. The molecule has 1 aliphatic carbocycles. The summed E-state index contributed by atoms with van der Waals surface area (Å²) in [5, 5.41) is 4.12. The summed E-state index contributed by atoms with van der Waals surface area (Å²) in [5.74, 6) is 2.17. The molecule has 122 valence electrons. The van der Waals surface area contributed by atoms with E-state index in [2.05, 4.69) is 15.0 Å². The highest BCUT2D eigenvalue weighted by Crippen LogP contribution is 2.38. The Labute approximate surface area is 131 Å². The van der Waals surface area contributed by atoms with Crippen LogP contribution in [0.2, 0.25) is 0 Å². The van der Waals surface area contributed by atoms with Crippen LogP contribution in [0.4, 0.5) is 0 Å². The van der Waals surface area contributed by atoms with E-state index in [0.717, 1.165) is 50.9 Å². The quantitative estimate of drug-likeness (QED) is 0.769. The van der Waals surface area contributed by atoms with E-state index in [-0.39, 0.29) is 0 Å². The summed E-state index contributed by atoms with van der Waals surface area (Å²) in [7, 11) is 0. The molecule has 0 aromatic carbocycles. The van der Waals surface area contributed by atoms with Gasteiger partial charge in [-0.3, -0.25) is 4.90 Å². The van der Waals surface area contributed by atoms with E-state index in [1.165, 1.54) is 25.7 Å². The summed E-state index contributed by atoms with van der Waals surface area (Å²) >= 11 is 0. The van der Waals surface area contributed by atoms with Gasteiger partial charge in [-0.25, -0.2) is 0 Å². The lowest BCUT2D eigenvalue weighted by atomic mass is 10.2. The fourth-order valence-electron chi connectivity index (χ4n) is 3.39. The minimum Gasteiger partial charge on any atom is -0.377 e. The number of rotatable bonds is 7. The highest BCUT2D eigenvalue weighted by molar-refractivity contribution is 5.03. The van der Waals surface area contributed by atoms with Crippen molar-refractivity contribution >= 4 is 0 Å². The Kier molecular flexibility index (Phi) is 4.41. The van der Waals surface area contributed by atoms with Gasteiger partial charge in [0.25, 0.3) is 0 Å². The number of ether oxygens (including phenoxy) is 2. The maximum absolute atomic E-state index is 5.79. The summed E-state index contributed by atoms with van der Waals surface area (Å²) in [6, 6.07) is 0. The van der Waals surface area contributed by atoms with E-state index >= 15 is 0 Å². The molecule has 3 aliphatic rings. The van der Waals surface area contributed by atoms with Crippen molar-refractivity contribution in [2.45, 2.75) is 63.2 Å². The molecule has 2 aliphatic heterocycles.